The van der Waals surface area contributed by atoms with E-state index in [4.69, 9.17) is 0 Å². The average Bonchev–Trinajstić information content (AvgIpc) is 2.52. The molecule has 0 heterocycles. The van der Waals surface area contributed by atoms with E-state index < -0.39 is 0 Å². The molecule has 0 saturated heterocycles. The van der Waals surface area contributed by atoms with E-state index in [2.05, 4.69) is 13.8 Å². The first-order valence-electron chi connectivity index (χ1n) is 7.81. The Labute approximate surface area is 136 Å². The van der Waals surface area contributed by atoms with Crippen LogP contribution < -0.4 is 0 Å². The van der Waals surface area contributed by atoms with E-state index in [1.165, 1.54) is 11.8 Å². The van der Waals surface area contributed by atoms with E-state index in [0.29, 0.717) is 27.6 Å². The molecule has 4 heteroatoms. The van der Waals surface area contributed by atoms with Crippen LogP contribution in [0.15, 0.2) is 34.9 Å². The second kappa shape index (κ2) is 7.14. The monoisotopic (exact) mass is 317 g/mol. The van der Waals surface area contributed by atoms with Crippen molar-refractivity contribution in [2.75, 3.05) is 18.8 Å². The fourth-order valence-corrected chi connectivity index (χ4v) is 3.65. The number of likely N-dealkylation sites (N-methyl/N-ethyl adjacent to an activating group) is 1. The van der Waals surface area contributed by atoms with Crippen molar-refractivity contribution in [1.82, 2.24) is 4.90 Å². The van der Waals surface area contributed by atoms with Crippen molar-refractivity contribution >= 4 is 23.3 Å². The van der Waals surface area contributed by atoms with Crippen molar-refractivity contribution in [3.8, 4) is 0 Å². The topological polar surface area (TPSA) is 37.4 Å². The third-order valence-electron chi connectivity index (χ3n) is 3.69. The predicted molar refractivity (Wildman–Crippen MR) is 92.3 cm³/mol. The number of hydrogen-bond acceptors (Lipinski definition) is 4. The van der Waals surface area contributed by atoms with Crippen molar-refractivity contribution in [3.05, 3.63) is 46.0 Å². The molecule has 1 aromatic carbocycles. The largest absolute Gasteiger partial charge is 0.368 e. The van der Waals surface area contributed by atoms with Crippen LogP contribution in [0, 0.1) is 5.92 Å². The van der Waals surface area contributed by atoms with E-state index in [9.17, 15) is 9.59 Å². The summed E-state index contributed by atoms with van der Waals surface area (Å²) in [4.78, 5) is 28.4. The minimum absolute atomic E-state index is 0.0113. The third kappa shape index (κ3) is 3.12. The minimum Gasteiger partial charge on any atom is -0.368 e. The smallest absolute Gasteiger partial charge is 0.211 e. The molecule has 0 fully saturated rings. The van der Waals surface area contributed by atoms with Gasteiger partial charge >= 0.3 is 0 Å². The SMILES string of the molecule is CCN(CC)C1=C(SCC(C)C)C(=O)c2ccccc2C1=O. The van der Waals surface area contributed by atoms with Crippen LogP contribution in [0.3, 0.4) is 0 Å². The Hall–Kier alpha value is -1.55. The average molecular weight is 317 g/mol. The molecule has 0 unspecified atom stereocenters. The van der Waals surface area contributed by atoms with Crippen LogP contribution in [-0.4, -0.2) is 35.3 Å². The molecule has 0 N–H and O–H groups in total. The van der Waals surface area contributed by atoms with E-state index in [0.717, 1.165) is 18.8 Å². The lowest BCUT2D eigenvalue weighted by Crippen LogP contribution is -2.33. The Morgan fingerprint density at radius 2 is 1.55 bits per heavy atom. The zero-order valence-electron chi connectivity index (χ0n) is 13.7. The number of fused-ring (bicyclic) bond motifs is 1. The number of nitrogens with zero attached hydrogens (tertiary/aromatic N) is 1. The lowest BCUT2D eigenvalue weighted by molar-refractivity contribution is 0.0950. The maximum absolute atomic E-state index is 12.9. The molecule has 118 valence electrons. The molecule has 2 rings (SSSR count). The van der Waals surface area contributed by atoms with Gasteiger partial charge in [-0.05, 0) is 19.8 Å². The first-order chi connectivity index (χ1) is 10.5. The van der Waals surface area contributed by atoms with Crippen LogP contribution in [0.1, 0.15) is 48.4 Å². The number of carbonyl (C=O) groups is 2. The molecule has 0 saturated carbocycles. The molecule has 22 heavy (non-hydrogen) atoms. The molecule has 0 aromatic heterocycles. The maximum atomic E-state index is 12.9. The summed E-state index contributed by atoms with van der Waals surface area (Å²) in [5.41, 5.74) is 1.65. The Morgan fingerprint density at radius 1 is 1.00 bits per heavy atom. The molecule has 0 radical (unpaired) electrons. The molecular formula is C18H23NO2S. The first kappa shape index (κ1) is 16.8. The van der Waals surface area contributed by atoms with Crippen molar-refractivity contribution in [2.24, 2.45) is 5.92 Å². The number of ketones is 2. The zero-order valence-corrected chi connectivity index (χ0v) is 14.5. The van der Waals surface area contributed by atoms with Gasteiger partial charge in [0.25, 0.3) is 0 Å². The summed E-state index contributed by atoms with van der Waals surface area (Å²) in [6, 6.07) is 7.14. The molecule has 0 atom stereocenters. The number of carbonyl (C=O) groups excluding carboxylic acids is 2. The van der Waals surface area contributed by atoms with Crippen LogP contribution in [0.25, 0.3) is 0 Å². The highest BCUT2D eigenvalue weighted by Crippen LogP contribution is 2.35. The fraction of sp³-hybridized carbons (Fsp3) is 0.444. The van der Waals surface area contributed by atoms with Gasteiger partial charge in [0.05, 0.1) is 4.91 Å². The summed E-state index contributed by atoms with van der Waals surface area (Å²) in [5.74, 6) is 1.27. The summed E-state index contributed by atoms with van der Waals surface area (Å²) >= 11 is 1.52. The Balaban J connectivity index is 2.54. The van der Waals surface area contributed by atoms with Crippen molar-refractivity contribution in [1.29, 1.82) is 0 Å². The lowest BCUT2D eigenvalue weighted by Gasteiger charge is -2.29. The van der Waals surface area contributed by atoms with E-state index >= 15 is 0 Å². The van der Waals surface area contributed by atoms with Crippen LogP contribution >= 0.6 is 11.8 Å². The highest BCUT2D eigenvalue weighted by Gasteiger charge is 2.34. The highest BCUT2D eigenvalue weighted by molar-refractivity contribution is 8.04. The molecule has 1 aliphatic rings. The number of rotatable bonds is 6. The van der Waals surface area contributed by atoms with Crippen LogP contribution in [-0.2, 0) is 0 Å². The molecule has 1 aromatic rings. The van der Waals surface area contributed by atoms with Gasteiger partial charge in [-0.3, -0.25) is 9.59 Å². The Bertz CT molecular complexity index is 615. The normalized spacial score (nSPS) is 14.6. The molecule has 0 bridgehead atoms. The Morgan fingerprint density at radius 3 is 2.05 bits per heavy atom. The molecule has 1 aliphatic carbocycles. The number of hydrogen-bond donors (Lipinski definition) is 0. The van der Waals surface area contributed by atoms with Gasteiger partial charge in [-0.1, -0.05) is 38.1 Å². The van der Waals surface area contributed by atoms with E-state index in [-0.39, 0.29) is 11.6 Å². The molecule has 0 amide bonds. The van der Waals surface area contributed by atoms with Crippen LogP contribution in [0.4, 0.5) is 0 Å². The van der Waals surface area contributed by atoms with Crippen molar-refractivity contribution < 1.29 is 9.59 Å². The predicted octanol–water partition coefficient (Wildman–Crippen LogP) is 4.01. The van der Waals surface area contributed by atoms with E-state index in [1.54, 1.807) is 12.1 Å². The summed E-state index contributed by atoms with van der Waals surface area (Å²) in [5, 5.41) is 0. The second-order valence-electron chi connectivity index (χ2n) is 5.76. The molecule has 0 aliphatic heterocycles. The summed E-state index contributed by atoms with van der Waals surface area (Å²) < 4.78 is 0. The number of thioether (sulfide) groups is 1. The number of allylic oxidation sites excluding steroid dienone is 2. The first-order valence-corrected chi connectivity index (χ1v) is 8.80. The minimum atomic E-state index is -0.0230. The van der Waals surface area contributed by atoms with Crippen molar-refractivity contribution in [2.45, 2.75) is 27.7 Å². The highest BCUT2D eigenvalue weighted by atomic mass is 32.2. The molecule has 3 nitrogen and oxygen atoms in total. The van der Waals surface area contributed by atoms with Crippen LogP contribution in [0.2, 0.25) is 0 Å². The molecule has 0 spiro atoms. The van der Waals surface area contributed by atoms with Gasteiger partial charge < -0.3 is 4.90 Å². The summed E-state index contributed by atoms with van der Waals surface area (Å²) in [6.45, 7) is 9.71. The zero-order chi connectivity index (χ0) is 16.3. The van der Waals surface area contributed by atoms with Gasteiger partial charge in [0.1, 0.15) is 5.70 Å². The standard InChI is InChI=1S/C18H23NO2S/c1-5-19(6-2)15-16(20)13-9-7-8-10-14(13)17(21)18(15)22-11-12(3)4/h7-10,12H,5-6,11H2,1-4H3. The lowest BCUT2D eigenvalue weighted by atomic mass is 9.92. The summed E-state index contributed by atoms with van der Waals surface area (Å²) in [6.07, 6.45) is 0. The summed E-state index contributed by atoms with van der Waals surface area (Å²) in [7, 11) is 0. The van der Waals surface area contributed by atoms with Gasteiger partial charge in [-0.15, -0.1) is 11.8 Å². The van der Waals surface area contributed by atoms with Gasteiger partial charge in [0, 0.05) is 30.0 Å². The van der Waals surface area contributed by atoms with Gasteiger partial charge in [0.15, 0.2) is 0 Å². The molecular weight excluding hydrogens is 294 g/mol. The maximum Gasteiger partial charge on any atom is 0.211 e. The van der Waals surface area contributed by atoms with Gasteiger partial charge in [-0.2, -0.15) is 0 Å². The number of Topliss-reactive ketones (excluding diaryl/α,β-unsaturated/α-hetero) is 2. The van der Waals surface area contributed by atoms with Gasteiger partial charge in [-0.25, -0.2) is 0 Å². The van der Waals surface area contributed by atoms with E-state index in [1.807, 2.05) is 30.9 Å². The van der Waals surface area contributed by atoms with Crippen LogP contribution in [0.5, 0.6) is 0 Å². The third-order valence-corrected chi connectivity index (χ3v) is 5.19. The van der Waals surface area contributed by atoms with Gasteiger partial charge in [0.2, 0.25) is 11.6 Å². The number of benzene rings is 1. The fourth-order valence-electron chi connectivity index (χ4n) is 2.55. The van der Waals surface area contributed by atoms with Crippen molar-refractivity contribution in [3.63, 3.8) is 0 Å². The quantitative estimate of drug-likeness (QED) is 0.794. The second-order valence-corrected chi connectivity index (χ2v) is 6.79. The Kier molecular flexibility index (Phi) is 5.46.